The average molecular weight is 370 g/mol. The fraction of sp³-hybridized carbons (Fsp3) is 0.571. The molecule has 0 saturated heterocycles. The molecule has 0 aliphatic carbocycles. The van der Waals surface area contributed by atoms with E-state index in [0.29, 0.717) is 12.8 Å². The van der Waals surface area contributed by atoms with Gasteiger partial charge in [-0.1, -0.05) is 15.9 Å². The van der Waals surface area contributed by atoms with E-state index < -0.39 is 12.8 Å². The van der Waals surface area contributed by atoms with Gasteiger partial charge in [0.2, 0.25) is 0 Å². The summed E-state index contributed by atoms with van der Waals surface area (Å²) in [6.45, 7) is -1.14. The van der Waals surface area contributed by atoms with Crippen molar-refractivity contribution in [2.45, 2.75) is 25.1 Å². The monoisotopic (exact) mass is 369 g/mol. The molecule has 0 amide bonds. The van der Waals surface area contributed by atoms with Gasteiger partial charge in [0, 0.05) is 17.1 Å². The van der Waals surface area contributed by atoms with Crippen molar-refractivity contribution in [3.8, 4) is 5.75 Å². The Balaban J connectivity index is 2.50. The van der Waals surface area contributed by atoms with Crippen molar-refractivity contribution in [3.05, 3.63) is 28.2 Å². The topological polar surface area (TPSA) is 30.5 Å². The third-order valence-electron chi connectivity index (χ3n) is 3.00. The minimum Gasteiger partial charge on any atom is -0.497 e. The van der Waals surface area contributed by atoms with Gasteiger partial charge >= 0.3 is 6.18 Å². The van der Waals surface area contributed by atoms with Crippen LogP contribution in [0.4, 0.5) is 13.2 Å². The van der Waals surface area contributed by atoms with E-state index in [1.807, 2.05) is 18.2 Å². The predicted molar refractivity (Wildman–Crippen MR) is 78.7 cm³/mol. The van der Waals surface area contributed by atoms with Crippen LogP contribution < -0.4 is 10.1 Å². The maximum absolute atomic E-state index is 12.0. The third kappa shape index (κ3) is 7.15. The molecule has 1 N–H and O–H groups in total. The molecule has 1 atom stereocenters. The van der Waals surface area contributed by atoms with E-state index in [0.717, 1.165) is 15.8 Å². The molecule has 1 rings (SSSR count). The van der Waals surface area contributed by atoms with Crippen LogP contribution in [0.15, 0.2) is 22.7 Å². The highest BCUT2D eigenvalue weighted by Crippen LogP contribution is 2.24. The summed E-state index contributed by atoms with van der Waals surface area (Å²) in [6.07, 6.45) is -3.11. The first-order valence-corrected chi connectivity index (χ1v) is 7.29. The third-order valence-corrected chi connectivity index (χ3v) is 3.78. The van der Waals surface area contributed by atoms with E-state index in [2.05, 4.69) is 26.0 Å². The van der Waals surface area contributed by atoms with Gasteiger partial charge in [-0.2, -0.15) is 13.2 Å². The van der Waals surface area contributed by atoms with Crippen LogP contribution in [0.25, 0.3) is 0 Å². The lowest BCUT2D eigenvalue weighted by molar-refractivity contribution is -0.174. The second-order valence-corrected chi connectivity index (χ2v) is 5.46. The van der Waals surface area contributed by atoms with Crippen molar-refractivity contribution < 1.29 is 22.6 Å². The van der Waals surface area contributed by atoms with E-state index >= 15 is 0 Å². The SMILES string of the molecule is CNC(CCOCC(F)(F)F)Cc1cc(OC)ccc1Br. The van der Waals surface area contributed by atoms with Gasteiger partial charge in [0.15, 0.2) is 0 Å². The van der Waals surface area contributed by atoms with Gasteiger partial charge in [-0.25, -0.2) is 0 Å². The Bertz CT molecular complexity index is 441. The van der Waals surface area contributed by atoms with Crippen molar-refractivity contribution in [1.82, 2.24) is 5.32 Å². The highest BCUT2D eigenvalue weighted by atomic mass is 79.9. The molecule has 0 radical (unpaired) electrons. The maximum atomic E-state index is 12.0. The molecule has 0 aliphatic heterocycles. The number of ether oxygens (including phenoxy) is 2. The Morgan fingerprint density at radius 3 is 2.62 bits per heavy atom. The van der Waals surface area contributed by atoms with Crippen molar-refractivity contribution >= 4 is 15.9 Å². The molecule has 1 aromatic carbocycles. The zero-order valence-corrected chi connectivity index (χ0v) is 13.6. The summed E-state index contributed by atoms with van der Waals surface area (Å²) in [5.74, 6) is 0.747. The number of likely N-dealkylation sites (N-methyl/N-ethyl adjacent to an activating group) is 1. The lowest BCUT2D eigenvalue weighted by atomic mass is 10.0. The van der Waals surface area contributed by atoms with Crippen LogP contribution in [0.2, 0.25) is 0 Å². The molecule has 21 heavy (non-hydrogen) atoms. The van der Waals surface area contributed by atoms with Crippen molar-refractivity contribution in [1.29, 1.82) is 0 Å². The zero-order valence-electron chi connectivity index (χ0n) is 12.0. The molecule has 120 valence electrons. The van der Waals surface area contributed by atoms with Gasteiger partial charge in [0.25, 0.3) is 0 Å². The number of halogens is 4. The highest BCUT2D eigenvalue weighted by Gasteiger charge is 2.27. The molecule has 3 nitrogen and oxygen atoms in total. The van der Waals surface area contributed by atoms with Gasteiger partial charge < -0.3 is 14.8 Å². The van der Waals surface area contributed by atoms with Crippen LogP contribution in [-0.2, 0) is 11.2 Å². The van der Waals surface area contributed by atoms with Crippen LogP contribution in [0.5, 0.6) is 5.75 Å². The molecule has 0 fully saturated rings. The minimum absolute atomic E-state index is 0.0293. The van der Waals surface area contributed by atoms with Crippen molar-refractivity contribution in [2.24, 2.45) is 0 Å². The molecule has 0 aromatic heterocycles. The van der Waals surface area contributed by atoms with E-state index in [9.17, 15) is 13.2 Å². The Kier molecular flexibility index (Phi) is 7.48. The summed E-state index contributed by atoms with van der Waals surface area (Å²) in [4.78, 5) is 0. The van der Waals surface area contributed by atoms with E-state index in [1.54, 1.807) is 14.2 Å². The quantitative estimate of drug-likeness (QED) is 0.710. The summed E-state index contributed by atoms with van der Waals surface area (Å²) >= 11 is 3.46. The van der Waals surface area contributed by atoms with Gasteiger partial charge in [-0.15, -0.1) is 0 Å². The Hall–Kier alpha value is -0.790. The largest absolute Gasteiger partial charge is 0.497 e. The normalized spacial score (nSPS) is 13.2. The minimum atomic E-state index is -4.27. The molecule has 1 unspecified atom stereocenters. The number of alkyl halides is 3. The Morgan fingerprint density at radius 2 is 2.05 bits per heavy atom. The van der Waals surface area contributed by atoms with Crippen LogP contribution in [0.3, 0.4) is 0 Å². The molecular formula is C14H19BrF3NO2. The number of hydrogen-bond donors (Lipinski definition) is 1. The highest BCUT2D eigenvalue weighted by molar-refractivity contribution is 9.10. The van der Waals surface area contributed by atoms with E-state index in [4.69, 9.17) is 4.74 Å². The van der Waals surface area contributed by atoms with Crippen LogP contribution in [0.1, 0.15) is 12.0 Å². The summed E-state index contributed by atoms with van der Waals surface area (Å²) < 4.78 is 46.7. The average Bonchev–Trinajstić information content (AvgIpc) is 2.43. The molecule has 0 saturated carbocycles. The summed E-state index contributed by atoms with van der Waals surface area (Å²) in [5, 5.41) is 3.09. The number of hydrogen-bond acceptors (Lipinski definition) is 3. The first-order chi connectivity index (χ1) is 9.85. The summed E-state index contributed by atoms with van der Waals surface area (Å²) in [6, 6.07) is 5.67. The van der Waals surface area contributed by atoms with Crippen LogP contribution in [-0.4, -0.2) is 39.6 Å². The molecule has 0 spiro atoms. The molecule has 0 bridgehead atoms. The molecular weight excluding hydrogens is 351 g/mol. The van der Waals surface area contributed by atoms with E-state index in [1.165, 1.54) is 0 Å². The Labute approximate surface area is 130 Å². The fourth-order valence-electron chi connectivity index (χ4n) is 1.86. The predicted octanol–water partition coefficient (Wildman–Crippen LogP) is 3.56. The van der Waals surface area contributed by atoms with Crippen molar-refractivity contribution in [2.75, 3.05) is 27.4 Å². The van der Waals surface area contributed by atoms with Gasteiger partial charge in [-0.3, -0.25) is 0 Å². The van der Waals surface area contributed by atoms with Crippen LogP contribution in [0, 0.1) is 0 Å². The zero-order chi connectivity index (χ0) is 15.9. The van der Waals surface area contributed by atoms with E-state index in [-0.39, 0.29) is 12.6 Å². The fourth-order valence-corrected chi connectivity index (χ4v) is 2.27. The maximum Gasteiger partial charge on any atom is 0.411 e. The van der Waals surface area contributed by atoms with Gasteiger partial charge in [-0.05, 0) is 43.7 Å². The van der Waals surface area contributed by atoms with Crippen LogP contribution >= 0.6 is 15.9 Å². The number of methoxy groups -OCH3 is 1. The van der Waals surface area contributed by atoms with Gasteiger partial charge in [0.05, 0.1) is 7.11 Å². The lowest BCUT2D eigenvalue weighted by Crippen LogP contribution is -2.30. The number of rotatable bonds is 8. The first-order valence-electron chi connectivity index (χ1n) is 6.50. The molecule has 7 heteroatoms. The summed E-state index contributed by atoms with van der Waals surface area (Å²) in [5.41, 5.74) is 1.03. The molecule has 0 heterocycles. The lowest BCUT2D eigenvalue weighted by Gasteiger charge is -2.18. The van der Waals surface area contributed by atoms with Crippen molar-refractivity contribution in [3.63, 3.8) is 0 Å². The van der Waals surface area contributed by atoms with Gasteiger partial charge in [0.1, 0.15) is 12.4 Å². The standard InChI is InChI=1S/C14H19BrF3NO2/c1-19-11(5-6-21-9-14(16,17)18)7-10-8-12(20-2)3-4-13(10)15/h3-4,8,11,19H,5-7,9H2,1-2H3. The Morgan fingerprint density at radius 1 is 1.33 bits per heavy atom. The molecule has 0 aliphatic rings. The first kappa shape index (κ1) is 18.3. The summed E-state index contributed by atoms with van der Waals surface area (Å²) in [7, 11) is 3.37. The second-order valence-electron chi connectivity index (χ2n) is 4.60. The smallest absolute Gasteiger partial charge is 0.411 e. The molecule has 1 aromatic rings. The number of nitrogens with one attached hydrogen (secondary N) is 1. The second kappa shape index (κ2) is 8.60. The number of benzene rings is 1.